The van der Waals surface area contributed by atoms with Crippen molar-refractivity contribution in [3.05, 3.63) is 84.4 Å². The van der Waals surface area contributed by atoms with Crippen LogP contribution in [-0.4, -0.2) is 30.0 Å². The van der Waals surface area contributed by atoms with E-state index < -0.39 is 5.82 Å². The van der Waals surface area contributed by atoms with Crippen LogP contribution in [0.5, 0.6) is 11.5 Å². The lowest BCUT2D eigenvalue weighted by Gasteiger charge is -2.14. The third kappa shape index (κ3) is 5.05. The van der Waals surface area contributed by atoms with E-state index in [4.69, 9.17) is 4.74 Å². The molecule has 7 nitrogen and oxygen atoms in total. The summed E-state index contributed by atoms with van der Waals surface area (Å²) >= 11 is 0. The number of amides is 3. The van der Waals surface area contributed by atoms with Crippen molar-refractivity contribution in [1.82, 2.24) is 10.3 Å². The van der Waals surface area contributed by atoms with Crippen LogP contribution in [0.2, 0.25) is 0 Å². The van der Waals surface area contributed by atoms with E-state index in [0.717, 1.165) is 5.69 Å². The standard InChI is InChI=1S/C23H19FN4O3/c24-20-14-16(3-9-21(20)31-19-2-1-11-25-15-19)4-10-22(29)27-17-5-7-18(8-6-17)28-13-12-26-23(28)30/h1-11,14-15H,12-13H2,(H,26,30)(H,27,29)/b10-4+. The first-order valence-electron chi connectivity index (χ1n) is 9.60. The van der Waals surface area contributed by atoms with Gasteiger partial charge in [-0.1, -0.05) is 6.07 Å². The molecule has 31 heavy (non-hydrogen) atoms. The number of hydrogen-bond acceptors (Lipinski definition) is 4. The smallest absolute Gasteiger partial charge is 0.321 e. The molecule has 0 spiro atoms. The summed E-state index contributed by atoms with van der Waals surface area (Å²) in [7, 11) is 0. The monoisotopic (exact) mass is 418 g/mol. The van der Waals surface area contributed by atoms with Gasteiger partial charge in [-0.05, 0) is 60.2 Å². The molecule has 3 amide bonds. The maximum Gasteiger partial charge on any atom is 0.321 e. The zero-order chi connectivity index (χ0) is 21.6. The second-order valence-electron chi connectivity index (χ2n) is 6.73. The lowest BCUT2D eigenvalue weighted by molar-refractivity contribution is -0.111. The predicted octanol–water partition coefficient (Wildman–Crippen LogP) is 4.19. The number of ether oxygens (including phenoxy) is 1. The number of aromatic nitrogens is 1. The van der Waals surface area contributed by atoms with Crippen molar-refractivity contribution in [1.29, 1.82) is 0 Å². The van der Waals surface area contributed by atoms with E-state index in [9.17, 15) is 14.0 Å². The van der Waals surface area contributed by atoms with Crippen molar-refractivity contribution in [2.24, 2.45) is 0 Å². The van der Waals surface area contributed by atoms with E-state index in [1.807, 2.05) is 0 Å². The Balaban J connectivity index is 1.35. The number of anilines is 2. The van der Waals surface area contributed by atoms with Gasteiger partial charge >= 0.3 is 6.03 Å². The molecule has 0 aliphatic carbocycles. The molecule has 1 aromatic heterocycles. The maximum absolute atomic E-state index is 14.3. The van der Waals surface area contributed by atoms with Gasteiger partial charge in [0.2, 0.25) is 5.91 Å². The minimum Gasteiger partial charge on any atom is -0.453 e. The first-order chi connectivity index (χ1) is 15.1. The van der Waals surface area contributed by atoms with Gasteiger partial charge in [-0.2, -0.15) is 0 Å². The summed E-state index contributed by atoms with van der Waals surface area (Å²) in [6.45, 7) is 1.22. The maximum atomic E-state index is 14.3. The fourth-order valence-electron chi connectivity index (χ4n) is 3.04. The van der Waals surface area contributed by atoms with Gasteiger partial charge in [0.1, 0.15) is 5.75 Å². The Morgan fingerprint density at radius 3 is 2.71 bits per heavy atom. The van der Waals surface area contributed by atoms with Gasteiger partial charge in [-0.15, -0.1) is 0 Å². The first-order valence-corrected chi connectivity index (χ1v) is 9.60. The van der Waals surface area contributed by atoms with Gasteiger partial charge in [0.15, 0.2) is 11.6 Å². The minimum absolute atomic E-state index is 0.0707. The molecule has 1 fully saturated rings. The molecule has 0 bridgehead atoms. The number of nitrogens with zero attached hydrogens (tertiary/aromatic N) is 2. The summed E-state index contributed by atoms with van der Waals surface area (Å²) in [6.07, 6.45) is 5.92. The van der Waals surface area contributed by atoms with Gasteiger partial charge < -0.3 is 15.4 Å². The Morgan fingerprint density at radius 1 is 1.19 bits per heavy atom. The van der Waals surface area contributed by atoms with Crippen molar-refractivity contribution < 1.29 is 18.7 Å². The average molecular weight is 418 g/mol. The molecule has 2 heterocycles. The number of halogens is 1. The number of hydrogen-bond donors (Lipinski definition) is 2. The number of carbonyl (C=O) groups is 2. The van der Waals surface area contributed by atoms with Crippen molar-refractivity contribution in [3.63, 3.8) is 0 Å². The fraction of sp³-hybridized carbons (Fsp3) is 0.0870. The number of urea groups is 1. The molecule has 1 aliphatic rings. The highest BCUT2D eigenvalue weighted by atomic mass is 19.1. The molecule has 156 valence electrons. The average Bonchev–Trinajstić information content (AvgIpc) is 3.21. The van der Waals surface area contributed by atoms with Crippen LogP contribution >= 0.6 is 0 Å². The van der Waals surface area contributed by atoms with Crippen molar-refractivity contribution in [2.75, 3.05) is 23.3 Å². The number of rotatable bonds is 6. The number of nitrogens with one attached hydrogen (secondary N) is 2. The molecular formula is C23H19FN4O3. The summed E-state index contributed by atoms with van der Waals surface area (Å²) in [5.74, 6) is -0.405. The van der Waals surface area contributed by atoms with Crippen LogP contribution in [0.25, 0.3) is 6.08 Å². The molecule has 0 radical (unpaired) electrons. The molecule has 0 atom stereocenters. The Kier molecular flexibility index (Phi) is 5.89. The second-order valence-corrected chi connectivity index (χ2v) is 6.73. The molecule has 0 unspecified atom stereocenters. The molecule has 3 aromatic rings. The van der Waals surface area contributed by atoms with Crippen LogP contribution in [-0.2, 0) is 4.79 Å². The SMILES string of the molecule is O=C(/C=C/c1ccc(Oc2cccnc2)c(F)c1)Nc1ccc(N2CCNC2=O)cc1. The van der Waals surface area contributed by atoms with E-state index in [2.05, 4.69) is 15.6 Å². The molecule has 1 aliphatic heterocycles. The largest absolute Gasteiger partial charge is 0.453 e. The Hall–Kier alpha value is -4.20. The fourth-order valence-corrected chi connectivity index (χ4v) is 3.04. The van der Waals surface area contributed by atoms with Crippen LogP contribution < -0.4 is 20.3 Å². The molecule has 2 N–H and O–H groups in total. The molecule has 0 saturated carbocycles. The first kappa shape index (κ1) is 20.1. The van der Waals surface area contributed by atoms with E-state index in [1.54, 1.807) is 53.6 Å². The lowest BCUT2D eigenvalue weighted by Crippen LogP contribution is -2.27. The van der Waals surface area contributed by atoms with Gasteiger partial charge in [-0.3, -0.25) is 14.7 Å². The predicted molar refractivity (Wildman–Crippen MR) is 116 cm³/mol. The van der Waals surface area contributed by atoms with Crippen LogP contribution in [0.4, 0.5) is 20.6 Å². The number of carbonyl (C=O) groups excluding carboxylic acids is 2. The topological polar surface area (TPSA) is 83.6 Å². The quantitative estimate of drug-likeness (QED) is 0.588. The lowest BCUT2D eigenvalue weighted by atomic mass is 10.2. The highest BCUT2D eigenvalue weighted by Gasteiger charge is 2.20. The highest BCUT2D eigenvalue weighted by Crippen LogP contribution is 2.25. The van der Waals surface area contributed by atoms with Gasteiger partial charge in [0.05, 0.1) is 6.20 Å². The summed E-state index contributed by atoms with van der Waals surface area (Å²) in [5, 5.41) is 5.47. The highest BCUT2D eigenvalue weighted by molar-refractivity contribution is 6.02. The Labute approximate surface area is 178 Å². The molecule has 4 rings (SSSR count). The number of benzene rings is 2. The summed E-state index contributed by atoms with van der Waals surface area (Å²) in [6, 6.07) is 14.6. The van der Waals surface area contributed by atoms with Crippen LogP contribution in [0, 0.1) is 5.82 Å². The van der Waals surface area contributed by atoms with Gasteiger partial charge in [-0.25, -0.2) is 9.18 Å². The zero-order valence-corrected chi connectivity index (χ0v) is 16.4. The summed E-state index contributed by atoms with van der Waals surface area (Å²) < 4.78 is 19.7. The third-order valence-electron chi connectivity index (χ3n) is 4.55. The normalized spacial score (nSPS) is 13.3. The Morgan fingerprint density at radius 2 is 2.03 bits per heavy atom. The van der Waals surface area contributed by atoms with Crippen LogP contribution in [0.3, 0.4) is 0 Å². The zero-order valence-electron chi connectivity index (χ0n) is 16.4. The van der Waals surface area contributed by atoms with Crippen LogP contribution in [0.15, 0.2) is 73.1 Å². The molecular weight excluding hydrogens is 399 g/mol. The van der Waals surface area contributed by atoms with Crippen molar-refractivity contribution in [3.8, 4) is 11.5 Å². The van der Waals surface area contributed by atoms with E-state index >= 15 is 0 Å². The second kappa shape index (κ2) is 9.08. The summed E-state index contributed by atoms with van der Waals surface area (Å²) in [5.41, 5.74) is 1.86. The molecule has 2 aromatic carbocycles. The minimum atomic E-state index is -0.548. The Bertz CT molecular complexity index is 1120. The van der Waals surface area contributed by atoms with Gasteiger partial charge in [0.25, 0.3) is 0 Å². The van der Waals surface area contributed by atoms with Crippen molar-refractivity contribution in [2.45, 2.75) is 0 Å². The van der Waals surface area contributed by atoms with Gasteiger partial charge in [0, 0.05) is 36.7 Å². The van der Waals surface area contributed by atoms with Crippen molar-refractivity contribution >= 4 is 29.4 Å². The number of pyridine rings is 1. The summed E-state index contributed by atoms with van der Waals surface area (Å²) in [4.78, 5) is 29.4. The van der Waals surface area contributed by atoms with E-state index in [-0.39, 0.29) is 17.7 Å². The van der Waals surface area contributed by atoms with Crippen LogP contribution in [0.1, 0.15) is 5.56 Å². The van der Waals surface area contributed by atoms with E-state index in [0.29, 0.717) is 30.1 Å². The van der Waals surface area contributed by atoms with E-state index in [1.165, 1.54) is 30.5 Å². The molecule has 8 heteroatoms. The molecule has 1 saturated heterocycles. The third-order valence-corrected chi connectivity index (χ3v) is 4.55.